The number of benzene rings is 3. The fourth-order valence-electron chi connectivity index (χ4n) is 3.55. The van der Waals surface area contributed by atoms with Crippen LogP contribution in [0.3, 0.4) is 0 Å². The van der Waals surface area contributed by atoms with Gasteiger partial charge in [0.1, 0.15) is 11.5 Å². The van der Waals surface area contributed by atoms with Gasteiger partial charge in [0.15, 0.2) is 0 Å². The highest BCUT2D eigenvalue weighted by atomic mass is 32.2. The highest BCUT2D eigenvalue weighted by Gasteiger charge is 2.26. The zero-order valence-corrected chi connectivity index (χ0v) is 15.7. The molecule has 0 atom stereocenters. The van der Waals surface area contributed by atoms with Crippen molar-refractivity contribution in [2.24, 2.45) is 5.92 Å². The third-order valence-electron chi connectivity index (χ3n) is 4.68. The first kappa shape index (κ1) is 17.6. The van der Waals surface area contributed by atoms with Gasteiger partial charge in [0.2, 0.25) is 10.0 Å². The lowest BCUT2D eigenvalue weighted by Gasteiger charge is -2.13. The molecule has 4 rings (SSSR count). The van der Waals surface area contributed by atoms with Crippen LogP contribution < -0.4 is 9.46 Å². The zero-order valence-electron chi connectivity index (χ0n) is 14.8. The van der Waals surface area contributed by atoms with Gasteiger partial charge in [0, 0.05) is 6.07 Å². The molecule has 0 spiro atoms. The quantitative estimate of drug-likeness (QED) is 0.679. The molecule has 0 bridgehead atoms. The molecule has 3 aromatic carbocycles. The normalized spacial score (nSPS) is 13.9. The second-order valence-corrected chi connectivity index (χ2v) is 8.64. The Hall–Kier alpha value is -2.79. The summed E-state index contributed by atoms with van der Waals surface area (Å²) in [5, 5.41) is 0. The van der Waals surface area contributed by atoms with Crippen LogP contribution >= 0.6 is 0 Å². The van der Waals surface area contributed by atoms with E-state index in [1.807, 2.05) is 42.5 Å². The van der Waals surface area contributed by atoms with Gasteiger partial charge in [-0.25, -0.2) is 8.42 Å². The Labute approximate surface area is 159 Å². The number of para-hydroxylation sites is 1. The minimum absolute atomic E-state index is 0.114. The van der Waals surface area contributed by atoms with E-state index in [0.717, 1.165) is 12.8 Å². The van der Waals surface area contributed by atoms with Crippen LogP contribution in [0.25, 0.3) is 0 Å². The van der Waals surface area contributed by atoms with Gasteiger partial charge in [-0.2, -0.15) is 0 Å². The van der Waals surface area contributed by atoms with Crippen molar-refractivity contribution in [1.29, 1.82) is 0 Å². The van der Waals surface area contributed by atoms with Crippen molar-refractivity contribution in [3.8, 4) is 11.5 Å². The topological polar surface area (TPSA) is 55.4 Å². The molecule has 0 aromatic heterocycles. The summed E-state index contributed by atoms with van der Waals surface area (Å²) in [4.78, 5) is 0. The number of hydrogen-bond acceptors (Lipinski definition) is 3. The van der Waals surface area contributed by atoms with E-state index in [4.69, 9.17) is 4.74 Å². The lowest BCUT2D eigenvalue weighted by atomic mass is 10.1. The third kappa shape index (κ3) is 4.49. The Morgan fingerprint density at radius 1 is 0.815 bits per heavy atom. The van der Waals surface area contributed by atoms with Crippen molar-refractivity contribution < 1.29 is 13.2 Å². The van der Waals surface area contributed by atoms with E-state index in [1.165, 1.54) is 11.1 Å². The highest BCUT2D eigenvalue weighted by Crippen LogP contribution is 2.28. The maximum atomic E-state index is 12.6. The summed E-state index contributed by atoms with van der Waals surface area (Å²) >= 11 is 0. The lowest BCUT2D eigenvalue weighted by molar-refractivity contribution is 0.483. The molecule has 138 valence electrons. The van der Waals surface area contributed by atoms with E-state index in [0.29, 0.717) is 17.2 Å². The molecule has 1 aliphatic rings. The van der Waals surface area contributed by atoms with Crippen LogP contribution in [0.5, 0.6) is 11.5 Å². The van der Waals surface area contributed by atoms with Crippen LogP contribution in [0.1, 0.15) is 11.1 Å². The number of ether oxygens (including phenoxy) is 1. The molecule has 0 amide bonds. The fraction of sp³-hybridized carbons (Fsp3) is 0.182. The molecule has 0 radical (unpaired) electrons. The molecule has 27 heavy (non-hydrogen) atoms. The summed E-state index contributed by atoms with van der Waals surface area (Å²) < 4.78 is 33.7. The summed E-state index contributed by atoms with van der Waals surface area (Å²) in [5.74, 6) is 1.53. The summed E-state index contributed by atoms with van der Waals surface area (Å²) in [6.07, 6.45) is 1.63. The lowest BCUT2D eigenvalue weighted by Crippen LogP contribution is -2.23. The van der Waals surface area contributed by atoms with Crippen LogP contribution in [0.15, 0.2) is 78.9 Å². The average molecular weight is 379 g/mol. The van der Waals surface area contributed by atoms with Crippen molar-refractivity contribution in [1.82, 2.24) is 0 Å². The molecular formula is C22H21NO3S. The molecular weight excluding hydrogens is 358 g/mol. The van der Waals surface area contributed by atoms with Crippen molar-refractivity contribution in [3.05, 3.63) is 90.0 Å². The fourth-order valence-corrected chi connectivity index (χ4v) is 4.97. The molecule has 0 saturated heterocycles. The zero-order chi connectivity index (χ0) is 18.7. The number of rotatable bonds is 6. The summed E-state index contributed by atoms with van der Waals surface area (Å²) in [6.45, 7) is 0. The second kappa shape index (κ2) is 7.45. The van der Waals surface area contributed by atoms with E-state index in [2.05, 4.69) is 16.9 Å². The molecule has 0 aliphatic heterocycles. The van der Waals surface area contributed by atoms with Crippen molar-refractivity contribution in [3.63, 3.8) is 0 Å². The van der Waals surface area contributed by atoms with E-state index >= 15 is 0 Å². The number of hydrogen-bond donors (Lipinski definition) is 1. The van der Waals surface area contributed by atoms with Gasteiger partial charge in [-0.1, -0.05) is 48.5 Å². The summed E-state index contributed by atoms with van der Waals surface area (Å²) in [7, 11) is -3.43. The first-order chi connectivity index (χ1) is 13.1. The highest BCUT2D eigenvalue weighted by molar-refractivity contribution is 7.92. The standard InChI is InChI=1S/C22H21NO3S/c24-27(25,16-17-13-18-7-4-5-8-19(18)14-17)23-20-9-6-12-22(15-20)26-21-10-2-1-3-11-21/h1-12,15,17,23H,13-14,16H2. The Balaban J connectivity index is 1.42. The van der Waals surface area contributed by atoms with Gasteiger partial charge in [-0.3, -0.25) is 4.72 Å². The Morgan fingerprint density at radius 3 is 2.15 bits per heavy atom. The summed E-state index contributed by atoms with van der Waals surface area (Å²) in [6, 6.07) is 24.6. The van der Waals surface area contributed by atoms with Gasteiger partial charge >= 0.3 is 0 Å². The van der Waals surface area contributed by atoms with Gasteiger partial charge in [-0.15, -0.1) is 0 Å². The van der Waals surface area contributed by atoms with Crippen molar-refractivity contribution in [2.75, 3.05) is 10.5 Å². The number of nitrogens with one attached hydrogen (secondary N) is 1. The van der Waals surface area contributed by atoms with Crippen molar-refractivity contribution in [2.45, 2.75) is 12.8 Å². The SMILES string of the molecule is O=S(=O)(CC1Cc2ccccc2C1)Nc1cccc(Oc2ccccc2)c1. The largest absolute Gasteiger partial charge is 0.457 e. The van der Waals surface area contributed by atoms with E-state index in [1.54, 1.807) is 24.3 Å². The van der Waals surface area contributed by atoms with Crippen LogP contribution in [-0.2, 0) is 22.9 Å². The maximum Gasteiger partial charge on any atom is 0.233 e. The second-order valence-electron chi connectivity index (χ2n) is 6.87. The predicted molar refractivity (Wildman–Crippen MR) is 108 cm³/mol. The molecule has 3 aromatic rings. The third-order valence-corrected chi connectivity index (χ3v) is 6.13. The Kier molecular flexibility index (Phi) is 4.86. The number of anilines is 1. The van der Waals surface area contributed by atoms with Gasteiger partial charge < -0.3 is 4.74 Å². The molecule has 1 N–H and O–H groups in total. The maximum absolute atomic E-state index is 12.6. The first-order valence-corrected chi connectivity index (χ1v) is 10.6. The summed E-state index contributed by atoms with van der Waals surface area (Å²) in [5.41, 5.74) is 3.03. The van der Waals surface area contributed by atoms with E-state index in [-0.39, 0.29) is 11.7 Å². The molecule has 1 aliphatic carbocycles. The minimum Gasteiger partial charge on any atom is -0.457 e. The van der Waals surface area contributed by atoms with Crippen molar-refractivity contribution >= 4 is 15.7 Å². The molecule has 0 heterocycles. The molecule has 0 saturated carbocycles. The number of sulfonamides is 1. The molecule has 4 nitrogen and oxygen atoms in total. The Bertz CT molecular complexity index is 1010. The monoisotopic (exact) mass is 379 g/mol. The first-order valence-electron chi connectivity index (χ1n) is 8.98. The van der Waals surface area contributed by atoms with Gasteiger partial charge in [-0.05, 0) is 54.2 Å². The van der Waals surface area contributed by atoms with E-state index in [9.17, 15) is 8.42 Å². The van der Waals surface area contributed by atoms with Gasteiger partial charge in [0.25, 0.3) is 0 Å². The van der Waals surface area contributed by atoms with Crippen LogP contribution in [0.2, 0.25) is 0 Å². The smallest absolute Gasteiger partial charge is 0.233 e. The average Bonchev–Trinajstić information content (AvgIpc) is 3.03. The Morgan fingerprint density at radius 2 is 1.44 bits per heavy atom. The van der Waals surface area contributed by atoms with Crippen LogP contribution in [0, 0.1) is 5.92 Å². The van der Waals surface area contributed by atoms with Crippen LogP contribution in [-0.4, -0.2) is 14.2 Å². The number of fused-ring (bicyclic) bond motifs is 1. The van der Waals surface area contributed by atoms with Gasteiger partial charge in [0.05, 0.1) is 11.4 Å². The van der Waals surface area contributed by atoms with Crippen LogP contribution in [0.4, 0.5) is 5.69 Å². The molecule has 5 heteroatoms. The van der Waals surface area contributed by atoms with E-state index < -0.39 is 10.0 Å². The predicted octanol–water partition coefficient (Wildman–Crippen LogP) is 4.64. The molecule has 0 unspecified atom stereocenters. The molecule has 0 fully saturated rings. The minimum atomic E-state index is -3.43.